The Kier molecular flexibility index (Phi) is 4.46. The molecule has 3 rings (SSSR count). The second-order valence-electron chi connectivity index (χ2n) is 6.68. The number of carbonyl (C=O) groups is 1. The fraction of sp³-hybridized carbons (Fsp3) is 0.588. The van der Waals surface area contributed by atoms with Gasteiger partial charge < -0.3 is 24.4 Å². The molecule has 0 unspecified atom stereocenters. The van der Waals surface area contributed by atoms with E-state index in [0.29, 0.717) is 43.1 Å². The highest BCUT2D eigenvalue weighted by molar-refractivity contribution is 5.95. The summed E-state index contributed by atoms with van der Waals surface area (Å²) in [5.74, 6) is 1.28. The quantitative estimate of drug-likeness (QED) is 0.910. The van der Waals surface area contributed by atoms with Gasteiger partial charge in [0.2, 0.25) is 6.79 Å². The Morgan fingerprint density at radius 2 is 2.04 bits per heavy atom. The fourth-order valence-electron chi connectivity index (χ4n) is 3.34. The van der Waals surface area contributed by atoms with Crippen LogP contribution in [0.2, 0.25) is 0 Å². The van der Waals surface area contributed by atoms with E-state index in [1.54, 1.807) is 18.2 Å². The summed E-state index contributed by atoms with van der Waals surface area (Å²) >= 11 is 0. The normalized spacial score (nSPS) is 23.9. The molecule has 6 nitrogen and oxygen atoms in total. The van der Waals surface area contributed by atoms with Crippen molar-refractivity contribution in [2.75, 3.05) is 40.5 Å². The second kappa shape index (κ2) is 6.37. The molecule has 0 aromatic heterocycles. The zero-order chi connectivity index (χ0) is 16.4. The van der Waals surface area contributed by atoms with Crippen LogP contribution in [0.3, 0.4) is 0 Å². The molecule has 0 spiro atoms. The van der Waals surface area contributed by atoms with Crippen LogP contribution >= 0.6 is 0 Å². The number of hydrogen-bond acceptors (Lipinski definition) is 5. The highest BCUT2D eigenvalue weighted by atomic mass is 16.7. The lowest BCUT2D eigenvalue weighted by Gasteiger charge is -2.30. The van der Waals surface area contributed by atoms with Crippen molar-refractivity contribution < 1.29 is 19.4 Å². The molecular formula is C17H24N2O4. The van der Waals surface area contributed by atoms with Crippen LogP contribution in [0.25, 0.3) is 0 Å². The van der Waals surface area contributed by atoms with Gasteiger partial charge in [-0.2, -0.15) is 0 Å². The third kappa shape index (κ3) is 3.59. The summed E-state index contributed by atoms with van der Waals surface area (Å²) in [6, 6.07) is 5.28. The molecule has 2 heterocycles. The molecule has 1 saturated heterocycles. The maximum Gasteiger partial charge on any atom is 0.253 e. The van der Waals surface area contributed by atoms with Crippen LogP contribution in [0.1, 0.15) is 29.6 Å². The highest BCUT2D eigenvalue weighted by Crippen LogP contribution is 2.33. The predicted octanol–water partition coefficient (Wildman–Crippen LogP) is 1.33. The average Bonchev–Trinajstić information content (AvgIpc) is 2.88. The maximum atomic E-state index is 12.7. The van der Waals surface area contributed by atoms with Crippen LogP contribution in [0.5, 0.6) is 11.5 Å². The third-order valence-electron chi connectivity index (χ3n) is 4.43. The number of carbonyl (C=O) groups excluding carboxylic acids is 1. The monoisotopic (exact) mass is 320 g/mol. The Labute approximate surface area is 136 Å². The number of hydrogen-bond donors (Lipinski definition) is 1. The van der Waals surface area contributed by atoms with Crippen LogP contribution in [0, 0.1) is 0 Å². The van der Waals surface area contributed by atoms with E-state index in [4.69, 9.17) is 9.47 Å². The molecule has 0 aliphatic carbocycles. The van der Waals surface area contributed by atoms with Gasteiger partial charge in [0.05, 0.1) is 5.60 Å². The molecule has 0 saturated carbocycles. The number of ether oxygens (including phenoxy) is 2. The molecule has 2 aliphatic heterocycles. The summed E-state index contributed by atoms with van der Waals surface area (Å²) < 4.78 is 10.6. The topological polar surface area (TPSA) is 62.2 Å². The lowest BCUT2D eigenvalue weighted by Crippen LogP contribution is -2.41. The molecule has 2 aliphatic rings. The number of fused-ring (bicyclic) bond motifs is 1. The largest absolute Gasteiger partial charge is 0.454 e. The van der Waals surface area contributed by atoms with Crippen molar-refractivity contribution in [3.8, 4) is 11.5 Å². The molecule has 1 amide bonds. The van der Waals surface area contributed by atoms with Crippen molar-refractivity contribution >= 4 is 5.91 Å². The molecule has 6 heteroatoms. The molecule has 1 atom stereocenters. The van der Waals surface area contributed by atoms with E-state index in [1.165, 1.54) is 0 Å². The number of rotatable bonds is 3. The Bertz CT molecular complexity index is 590. The van der Waals surface area contributed by atoms with Crippen LogP contribution in [-0.2, 0) is 0 Å². The van der Waals surface area contributed by atoms with Crippen molar-refractivity contribution in [3.63, 3.8) is 0 Å². The van der Waals surface area contributed by atoms with Gasteiger partial charge in [-0.1, -0.05) is 0 Å². The third-order valence-corrected chi connectivity index (χ3v) is 4.43. The minimum atomic E-state index is -0.715. The number of benzene rings is 1. The summed E-state index contributed by atoms with van der Waals surface area (Å²) in [6.45, 7) is 2.06. The minimum Gasteiger partial charge on any atom is -0.454 e. The van der Waals surface area contributed by atoms with Gasteiger partial charge in [0.25, 0.3) is 5.91 Å². The Morgan fingerprint density at radius 3 is 2.83 bits per heavy atom. The first kappa shape index (κ1) is 16.1. The van der Waals surface area contributed by atoms with E-state index < -0.39 is 5.60 Å². The van der Waals surface area contributed by atoms with Crippen molar-refractivity contribution in [2.24, 2.45) is 0 Å². The van der Waals surface area contributed by atoms with Crippen LogP contribution in [-0.4, -0.2) is 66.9 Å². The van der Waals surface area contributed by atoms with Crippen molar-refractivity contribution in [1.82, 2.24) is 9.80 Å². The van der Waals surface area contributed by atoms with Crippen LogP contribution in [0.15, 0.2) is 18.2 Å². The summed E-state index contributed by atoms with van der Waals surface area (Å²) in [6.07, 6.45) is 2.12. The molecule has 1 fully saturated rings. The van der Waals surface area contributed by atoms with E-state index in [1.807, 2.05) is 23.9 Å². The first-order valence-corrected chi connectivity index (χ1v) is 8.03. The zero-order valence-electron chi connectivity index (χ0n) is 13.7. The first-order valence-electron chi connectivity index (χ1n) is 8.03. The van der Waals surface area contributed by atoms with Gasteiger partial charge in [-0.15, -0.1) is 0 Å². The molecule has 126 valence electrons. The highest BCUT2D eigenvalue weighted by Gasteiger charge is 2.32. The summed E-state index contributed by atoms with van der Waals surface area (Å²) in [5, 5.41) is 10.7. The number of nitrogens with zero attached hydrogens (tertiary/aromatic N) is 2. The SMILES string of the molecule is CN(C)C[C@]1(O)CCCN(C(=O)c2ccc3c(c2)OCO3)CC1. The number of amides is 1. The van der Waals surface area contributed by atoms with E-state index in [9.17, 15) is 9.90 Å². The average molecular weight is 320 g/mol. The van der Waals surface area contributed by atoms with E-state index in [0.717, 1.165) is 12.8 Å². The van der Waals surface area contributed by atoms with Gasteiger partial charge in [-0.25, -0.2) is 0 Å². The summed E-state index contributed by atoms with van der Waals surface area (Å²) in [4.78, 5) is 16.5. The molecule has 1 N–H and O–H groups in total. The van der Waals surface area contributed by atoms with Gasteiger partial charge in [-0.3, -0.25) is 4.79 Å². The number of likely N-dealkylation sites (N-methyl/N-ethyl adjacent to an activating group) is 1. The van der Waals surface area contributed by atoms with Crippen molar-refractivity contribution in [1.29, 1.82) is 0 Å². The number of aliphatic hydroxyl groups is 1. The second-order valence-corrected chi connectivity index (χ2v) is 6.68. The number of likely N-dealkylation sites (tertiary alicyclic amines) is 1. The van der Waals surface area contributed by atoms with Crippen molar-refractivity contribution in [2.45, 2.75) is 24.9 Å². The van der Waals surface area contributed by atoms with E-state index in [2.05, 4.69) is 0 Å². The van der Waals surface area contributed by atoms with Crippen LogP contribution < -0.4 is 9.47 Å². The Hall–Kier alpha value is -1.79. The van der Waals surface area contributed by atoms with Crippen LogP contribution in [0.4, 0.5) is 0 Å². The first-order chi connectivity index (χ1) is 11.0. The van der Waals surface area contributed by atoms with E-state index in [-0.39, 0.29) is 12.7 Å². The molecule has 0 bridgehead atoms. The zero-order valence-corrected chi connectivity index (χ0v) is 13.7. The van der Waals surface area contributed by atoms with Gasteiger partial charge in [-0.05, 0) is 51.6 Å². The van der Waals surface area contributed by atoms with Crippen molar-refractivity contribution in [3.05, 3.63) is 23.8 Å². The smallest absolute Gasteiger partial charge is 0.253 e. The molecule has 1 aromatic carbocycles. The van der Waals surface area contributed by atoms with E-state index >= 15 is 0 Å². The summed E-state index contributed by atoms with van der Waals surface area (Å²) in [7, 11) is 3.91. The fourth-order valence-corrected chi connectivity index (χ4v) is 3.34. The Morgan fingerprint density at radius 1 is 1.26 bits per heavy atom. The standard InChI is InChI=1S/C17H24N2O4/c1-18(2)11-17(21)6-3-8-19(9-7-17)16(20)13-4-5-14-15(10-13)23-12-22-14/h4-5,10,21H,3,6-9,11-12H2,1-2H3/t17-/m0/s1. The van der Waals surface area contributed by atoms with Gasteiger partial charge in [0, 0.05) is 25.2 Å². The lowest BCUT2D eigenvalue weighted by atomic mass is 9.94. The maximum absolute atomic E-state index is 12.7. The lowest BCUT2D eigenvalue weighted by molar-refractivity contribution is 0.00305. The molecule has 0 radical (unpaired) electrons. The molecule has 1 aromatic rings. The summed E-state index contributed by atoms with van der Waals surface area (Å²) in [5.41, 5.74) is -0.111. The Balaban J connectivity index is 1.68. The predicted molar refractivity (Wildman–Crippen MR) is 85.8 cm³/mol. The minimum absolute atomic E-state index is 0.0163. The molecular weight excluding hydrogens is 296 g/mol. The van der Waals surface area contributed by atoms with Gasteiger partial charge in [0.1, 0.15) is 0 Å². The van der Waals surface area contributed by atoms with Gasteiger partial charge >= 0.3 is 0 Å². The van der Waals surface area contributed by atoms with Gasteiger partial charge in [0.15, 0.2) is 11.5 Å². The molecule has 23 heavy (non-hydrogen) atoms.